The zero-order valence-corrected chi connectivity index (χ0v) is 17.9. The third-order valence-corrected chi connectivity index (χ3v) is 4.77. The second-order valence-electron chi connectivity index (χ2n) is 7.31. The molecule has 1 aliphatic heterocycles. The molecule has 30 heavy (non-hydrogen) atoms. The summed E-state index contributed by atoms with van der Waals surface area (Å²) in [5, 5.41) is 6.58. The Kier molecular flexibility index (Phi) is 8.78. The van der Waals surface area contributed by atoms with E-state index >= 15 is 0 Å². The number of hydrogen-bond donors (Lipinski definition) is 2. The number of aryl methyl sites for hydroxylation is 1. The van der Waals surface area contributed by atoms with Gasteiger partial charge in [-0.25, -0.2) is 4.99 Å². The van der Waals surface area contributed by atoms with Gasteiger partial charge in [-0.15, -0.1) is 0 Å². The maximum Gasteiger partial charge on any atom is 0.191 e. The first-order chi connectivity index (χ1) is 14.7. The van der Waals surface area contributed by atoms with E-state index in [0.29, 0.717) is 32.2 Å². The highest BCUT2D eigenvalue weighted by Crippen LogP contribution is 2.23. The zero-order valence-electron chi connectivity index (χ0n) is 17.9. The van der Waals surface area contributed by atoms with Gasteiger partial charge in [0.25, 0.3) is 0 Å². The number of nitrogens with one attached hydrogen (secondary N) is 2. The van der Waals surface area contributed by atoms with Gasteiger partial charge in [0.05, 0.1) is 32.5 Å². The van der Waals surface area contributed by atoms with Crippen molar-refractivity contribution in [2.75, 3.05) is 39.5 Å². The van der Waals surface area contributed by atoms with Gasteiger partial charge in [0.1, 0.15) is 18.1 Å². The highest BCUT2D eigenvalue weighted by Gasteiger charge is 2.17. The molecule has 0 radical (unpaired) electrons. The van der Waals surface area contributed by atoms with E-state index in [4.69, 9.17) is 19.2 Å². The van der Waals surface area contributed by atoms with Crippen LogP contribution in [0.15, 0.2) is 47.7 Å². The third kappa shape index (κ3) is 7.22. The standard InChI is InChI=1S/C23H32N4O3/c1-3-25-23(26-10-12-29-21-5-4-9-24-15-21)27-14-20-7-6-18(2)13-22(20)30-17-19-8-11-28-16-19/h4-7,9,13,15,19H,3,8,10-12,14,16-17H2,1-2H3,(H2,25,26,27). The molecule has 2 aromatic rings. The molecule has 7 heteroatoms. The van der Waals surface area contributed by atoms with E-state index < -0.39 is 0 Å². The molecule has 2 heterocycles. The number of pyridine rings is 1. The van der Waals surface area contributed by atoms with Gasteiger partial charge in [0.2, 0.25) is 0 Å². The molecule has 7 nitrogen and oxygen atoms in total. The highest BCUT2D eigenvalue weighted by atomic mass is 16.5. The van der Waals surface area contributed by atoms with Gasteiger partial charge < -0.3 is 24.8 Å². The van der Waals surface area contributed by atoms with Crippen LogP contribution in [-0.4, -0.2) is 50.5 Å². The summed E-state index contributed by atoms with van der Waals surface area (Å²) in [6.45, 7) is 8.92. The summed E-state index contributed by atoms with van der Waals surface area (Å²) in [5.41, 5.74) is 2.25. The smallest absolute Gasteiger partial charge is 0.191 e. The fraction of sp³-hybridized carbons (Fsp3) is 0.478. The fourth-order valence-electron chi connectivity index (χ4n) is 3.13. The van der Waals surface area contributed by atoms with E-state index in [1.807, 2.05) is 19.1 Å². The number of nitrogens with zero attached hydrogens (tertiary/aromatic N) is 2. The first-order valence-corrected chi connectivity index (χ1v) is 10.6. The van der Waals surface area contributed by atoms with Crippen molar-refractivity contribution in [2.45, 2.75) is 26.8 Å². The first-order valence-electron chi connectivity index (χ1n) is 10.6. The van der Waals surface area contributed by atoms with Crippen LogP contribution in [0, 0.1) is 12.8 Å². The number of rotatable bonds is 10. The molecule has 1 atom stereocenters. The van der Waals surface area contributed by atoms with Crippen LogP contribution < -0.4 is 20.1 Å². The molecule has 3 rings (SSSR count). The Morgan fingerprint density at radius 3 is 2.97 bits per heavy atom. The SMILES string of the molecule is CCNC(=NCc1ccc(C)cc1OCC1CCOC1)NCCOc1cccnc1. The lowest BCUT2D eigenvalue weighted by molar-refractivity contribution is 0.166. The second-order valence-corrected chi connectivity index (χ2v) is 7.31. The van der Waals surface area contributed by atoms with Crippen molar-refractivity contribution in [2.24, 2.45) is 10.9 Å². The molecule has 1 fully saturated rings. The zero-order chi connectivity index (χ0) is 21.0. The summed E-state index contributed by atoms with van der Waals surface area (Å²) >= 11 is 0. The molecule has 2 N–H and O–H groups in total. The van der Waals surface area contributed by atoms with Crippen LogP contribution in [0.2, 0.25) is 0 Å². The summed E-state index contributed by atoms with van der Waals surface area (Å²) in [4.78, 5) is 8.77. The molecule has 0 spiro atoms. The number of guanidine groups is 1. The number of hydrogen-bond acceptors (Lipinski definition) is 5. The lowest BCUT2D eigenvalue weighted by Gasteiger charge is -2.15. The van der Waals surface area contributed by atoms with E-state index in [9.17, 15) is 0 Å². The maximum atomic E-state index is 6.13. The van der Waals surface area contributed by atoms with Crippen molar-refractivity contribution in [3.05, 3.63) is 53.9 Å². The van der Waals surface area contributed by atoms with Crippen molar-refractivity contribution in [3.8, 4) is 11.5 Å². The molecule has 0 bridgehead atoms. The van der Waals surface area contributed by atoms with Gasteiger partial charge >= 0.3 is 0 Å². The molecule has 0 aliphatic carbocycles. The number of aliphatic imine (C=N–C) groups is 1. The molecule has 1 aliphatic rings. The molecule has 162 valence electrons. The van der Waals surface area contributed by atoms with Crippen LogP contribution in [0.25, 0.3) is 0 Å². The van der Waals surface area contributed by atoms with Gasteiger partial charge in [0, 0.05) is 30.8 Å². The van der Waals surface area contributed by atoms with Crippen molar-refractivity contribution in [1.82, 2.24) is 15.6 Å². The summed E-state index contributed by atoms with van der Waals surface area (Å²) in [6.07, 6.45) is 4.50. The predicted octanol–water partition coefficient (Wildman–Crippen LogP) is 2.94. The summed E-state index contributed by atoms with van der Waals surface area (Å²) in [5.74, 6) is 2.89. The van der Waals surface area contributed by atoms with Crippen molar-refractivity contribution in [1.29, 1.82) is 0 Å². The van der Waals surface area contributed by atoms with Gasteiger partial charge in [-0.05, 0) is 44.0 Å². The topological polar surface area (TPSA) is 77.0 Å². The minimum absolute atomic E-state index is 0.473. The fourth-order valence-corrected chi connectivity index (χ4v) is 3.13. The van der Waals surface area contributed by atoms with Crippen LogP contribution in [0.5, 0.6) is 11.5 Å². The Morgan fingerprint density at radius 1 is 1.27 bits per heavy atom. The molecule has 1 aromatic heterocycles. The monoisotopic (exact) mass is 412 g/mol. The minimum Gasteiger partial charge on any atom is -0.493 e. The van der Waals surface area contributed by atoms with Crippen LogP contribution in [0.1, 0.15) is 24.5 Å². The van der Waals surface area contributed by atoms with Crippen LogP contribution in [0.4, 0.5) is 0 Å². The van der Waals surface area contributed by atoms with Crippen molar-refractivity contribution in [3.63, 3.8) is 0 Å². The Hall–Kier alpha value is -2.80. The Morgan fingerprint density at radius 2 is 2.20 bits per heavy atom. The van der Waals surface area contributed by atoms with E-state index in [1.54, 1.807) is 12.4 Å². The quantitative estimate of drug-likeness (QED) is 0.355. The van der Waals surface area contributed by atoms with Crippen LogP contribution in [-0.2, 0) is 11.3 Å². The Labute approximate surface area is 178 Å². The number of aromatic nitrogens is 1. The molecule has 1 saturated heterocycles. The lowest BCUT2D eigenvalue weighted by Crippen LogP contribution is -2.39. The average Bonchev–Trinajstić information content (AvgIpc) is 3.29. The van der Waals surface area contributed by atoms with Crippen molar-refractivity contribution >= 4 is 5.96 Å². The van der Waals surface area contributed by atoms with E-state index in [-0.39, 0.29) is 0 Å². The molecule has 0 amide bonds. The van der Waals surface area contributed by atoms with E-state index in [0.717, 1.165) is 49.2 Å². The summed E-state index contributed by atoms with van der Waals surface area (Å²) in [7, 11) is 0. The largest absolute Gasteiger partial charge is 0.493 e. The van der Waals surface area contributed by atoms with E-state index in [1.165, 1.54) is 5.56 Å². The molecule has 1 aromatic carbocycles. The minimum atomic E-state index is 0.473. The second kappa shape index (κ2) is 12.0. The first kappa shape index (κ1) is 21.9. The van der Waals surface area contributed by atoms with Gasteiger partial charge in [-0.1, -0.05) is 12.1 Å². The molecular formula is C23H32N4O3. The predicted molar refractivity (Wildman–Crippen MR) is 118 cm³/mol. The van der Waals surface area contributed by atoms with E-state index in [2.05, 4.69) is 40.7 Å². The van der Waals surface area contributed by atoms with Gasteiger partial charge in [-0.2, -0.15) is 0 Å². The van der Waals surface area contributed by atoms with Crippen molar-refractivity contribution < 1.29 is 14.2 Å². The Bertz CT molecular complexity index is 792. The maximum absolute atomic E-state index is 6.13. The lowest BCUT2D eigenvalue weighted by atomic mass is 10.1. The van der Waals surface area contributed by atoms with Gasteiger partial charge in [0.15, 0.2) is 5.96 Å². The summed E-state index contributed by atoms with van der Waals surface area (Å²) in [6, 6.07) is 10.0. The molecule has 1 unspecified atom stereocenters. The normalized spacial score (nSPS) is 16.3. The average molecular weight is 413 g/mol. The third-order valence-electron chi connectivity index (χ3n) is 4.77. The van der Waals surface area contributed by atoms with Gasteiger partial charge in [-0.3, -0.25) is 4.98 Å². The number of ether oxygens (including phenoxy) is 3. The molecular weight excluding hydrogens is 380 g/mol. The number of benzene rings is 1. The molecule has 0 saturated carbocycles. The van der Waals surface area contributed by atoms with Crippen LogP contribution >= 0.6 is 0 Å². The summed E-state index contributed by atoms with van der Waals surface area (Å²) < 4.78 is 17.2. The van der Waals surface area contributed by atoms with Crippen LogP contribution in [0.3, 0.4) is 0 Å². The Balaban J connectivity index is 1.53. The highest BCUT2D eigenvalue weighted by molar-refractivity contribution is 5.79.